The minimum absolute atomic E-state index is 0.501. The molecule has 0 fully saturated rings. The largest absolute Gasteiger partial charge is 0.497 e. The van der Waals surface area contributed by atoms with Crippen molar-refractivity contribution in [2.24, 2.45) is 0 Å². The number of aromatic nitrogens is 1. The molecular weight excluding hydrogens is 248 g/mol. The summed E-state index contributed by atoms with van der Waals surface area (Å²) in [7, 11) is 3.57. The van der Waals surface area contributed by atoms with Gasteiger partial charge >= 0.3 is 0 Å². The Balaban J connectivity index is 1.89. The zero-order chi connectivity index (χ0) is 12.8. The van der Waals surface area contributed by atoms with E-state index in [2.05, 4.69) is 10.3 Å². The van der Waals surface area contributed by atoms with Gasteiger partial charge in [-0.05, 0) is 31.3 Å². The number of benzene rings is 1. The van der Waals surface area contributed by atoms with E-state index >= 15 is 0 Å². The van der Waals surface area contributed by atoms with Crippen LogP contribution in [0.1, 0.15) is 9.88 Å². The second-order valence-electron chi connectivity index (χ2n) is 3.71. The van der Waals surface area contributed by atoms with Crippen LogP contribution in [0.2, 0.25) is 0 Å². The Morgan fingerprint density at radius 2 is 1.94 bits per heavy atom. The lowest BCUT2D eigenvalue weighted by atomic mass is 10.3. The monoisotopic (exact) mass is 264 g/mol. The van der Waals surface area contributed by atoms with Gasteiger partial charge in [0.1, 0.15) is 23.1 Å². The van der Waals surface area contributed by atoms with Crippen LogP contribution in [0, 0.1) is 0 Å². The summed E-state index contributed by atoms with van der Waals surface area (Å²) in [6.07, 6.45) is 1.88. The van der Waals surface area contributed by atoms with Gasteiger partial charge in [-0.25, -0.2) is 4.98 Å². The van der Waals surface area contributed by atoms with Crippen LogP contribution >= 0.6 is 11.3 Å². The van der Waals surface area contributed by atoms with Crippen molar-refractivity contribution < 1.29 is 9.47 Å². The summed E-state index contributed by atoms with van der Waals surface area (Å²) >= 11 is 1.66. The van der Waals surface area contributed by atoms with Crippen molar-refractivity contribution in [1.29, 1.82) is 0 Å². The Kier molecular flexibility index (Phi) is 4.55. The Labute approximate surface area is 111 Å². The molecule has 18 heavy (non-hydrogen) atoms. The molecule has 0 saturated heterocycles. The first-order valence-electron chi connectivity index (χ1n) is 5.67. The molecule has 1 aromatic heterocycles. The number of hydrogen-bond donors (Lipinski definition) is 1. The Morgan fingerprint density at radius 3 is 2.61 bits per heavy atom. The van der Waals surface area contributed by atoms with E-state index in [-0.39, 0.29) is 0 Å². The first-order chi connectivity index (χ1) is 8.81. The van der Waals surface area contributed by atoms with E-state index in [9.17, 15) is 0 Å². The maximum absolute atomic E-state index is 5.65. The zero-order valence-electron chi connectivity index (χ0n) is 10.5. The standard InChI is InChI=1S/C13H16N2O2S/c1-14-7-12-8-15-13(18-12)9-17-11-5-3-10(16-2)4-6-11/h3-6,8,14H,7,9H2,1-2H3. The van der Waals surface area contributed by atoms with E-state index in [1.54, 1.807) is 18.4 Å². The molecule has 0 bridgehead atoms. The molecule has 0 radical (unpaired) electrons. The number of rotatable bonds is 6. The van der Waals surface area contributed by atoms with Crippen molar-refractivity contribution >= 4 is 11.3 Å². The lowest BCUT2D eigenvalue weighted by molar-refractivity contribution is 0.305. The lowest BCUT2D eigenvalue weighted by Gasteiger charge is -2.04. The summed E-state index contributed by atoms with van der Waals surface area (Å²) in [5.41, 5.74) is 0. The van der Waals surface area contributed by atoms with Crippen molar-refractivity contribution in [3.05, 3.63) is 40.3 Å². The number of hydrogen-bond acceptors (Lipinski definition) is 5. The van der Waals surface area contributed by atoms with Gasteiger partial charge in [0.2, 0.25) is 0 Å². The molecule has 1 heterocycles. The SMILES string of the molecule is CNCc1cnc(COc2ccc(OC)cc2)s1. The number of methoxy groups -OCH3 is 1. The van der Waals surface area contributed by atoms with E-state index in [4.69, 9.17) is 9.47 Å². The van der Waals surface area contributed by atoms with Crippen LogP contribution in [0.25, 0.3) is 0 Å². The number of ether oxygens (including phenoxy) is 2. The van der Waals surface area contributed by atoms with Crippen LogP contribution in [0.3, 0.4) is 0 Å². The highest BCUT2D eigenvalue weighted by Gasteiger charge is 2.02. The maximum atomic E-state index is 5.65. The minimum Gasteiger partial charge on any atom is -0.497 e. The van der Waals surface area contributed by atoms with Crippen molar-refractivity contribution in [3.8, 4) is 11.5 Å². The predicted molar refractivity (Wildman–Crippen MR) is 72.2 cm³/mol. The molecule has 0 aliphatic rings. The smallest absolute Gasteiger partial charge is 0.140 e. The number of nitrogens with zero attached hydrogens (tertiary/aromatic N) is 1. The predicted octanol–water partition coefficient (Wildman–Crippen LogP) is 2.45. The summed E-state index contributed by atoms with van der Waals surface area (Å²) in [4.78, 5) is 5.53. The van der Waals surface area contributed by atoms with Crippen molar-refractivity contribution in [2.45, 2.75) is 13.2 Å². The van der Waals surface area contributed by atoms with Gasteiger partial charge < -0.3 is 14.8 Å². The highest BCUT2D eigenvalue weighted by atomic mass is 32.1. The molecule has 0 unspecified atom stereocenters. The molecule has 1 N–H and O–H groups in total. The summed E-state index contributed by atoms with van der Waals surface area (Å²) in [6, 6.07) is 7.54. The normalized spacial score (nSPS) is 10.3. The van der Waals surface area contributed by atoms with Gasteiger partial charge in [-0.3, -0.25) is 0 Å². The summed E-state index contributed by atoms with van der Waals surface area (Å²) < 4.78 is 10.7. The Hall–Kier alpha value is -1.59. The average Bonchev–Trinajstić information content (AvgIpc) is 2.85. The third-order valence-corrected chi connectivity index (χ3v) is 3.35. The molecule has 1 aromatic carbocycles. The molecule has 0 atom stereocenters. The zero-order valence-corrected chi connectivity index (χ0v) is 11.3. The maximum Gasteiger partial charge on any atom is 0.140 e. The summed E-state index contributed by atoms with van der Waals surface area (Å²) in [6.45, 7) is 1.35. The summed E-state index contributed by atoms with van der Waals surface area (Å²) in [5.74, 6) is 1.65. The quantitative estimate of drug-likeness (QED) is 0.870. The molecular formula is C13H16N2O2S. The van der Waals surface area contributed by atoms with E-state index in [1.165, 1.54) is 4.88 Å². The molecule has 0 amide bonds. The van der Waals surface area contributed by atoms with Gasteiger partial charge in [-0.2, -0.15) is 0 Å². The van der Waals surface area contributed by atoms with Crippen LogP contribution in [-0.4, -0.2) is 19.1 Å². The molecule has 0 saturated carbocycles. The van der Waals surface area contributed by atoms with Gasteiger partial charge in [-0.1, -0.05) is 0 Å². The average molecular weight is 264 g/mol. The van der Waals surface area contributed by atoms with E-state index in [0.717, 1.165) is 23.1 Å². The molecule has 0 aliphatic heterocycles. The van der Waals surface area contributed by atoms with Gasteiger partial charge in [0, 0.05) is 17.6 Å². The van der Waals surface area contributed by atoms with Gasteiger partial charge in [0.05, 0.1) is 7.11 Å². The number of thiazole rings is 1. The first-order valence-corrected chi connectivity index (χ1v) is 6.48. The molecule has 4 nitrogen and oxygen atoms in total. The van der Waals surface area contributed by atoms with Crippen LogP contribution in [-0.2, 0) is 13.2 Å². The van der Waals surface area contributed by atoms with Gasteiger partial charge in [0.15, 0.2) is 0 Å². The second kappa shape index (κ2) is 6.37. The highest BCUT2D eigenvalue weighted by molar-refractivity contribution is 7.11. The fraction of sp³-hybridized carbons (Fsp3) is 0.308. The minimum atomic E-state index is 0.501. The fourth-order valence-corrected chi connectivity index (χ4v) is 2.34. The topological polar surface area (TPSA) is 43.4 Å². The van der Waals surface area contributed by atoms with Crippen LogP contribution < -0.4 is 14.8 Å². The van der Waals surface area contributed by atoms with E-state index in [0.29, 0.717) is 6.61 Å². The molecule has 0 spiro atoms. The Bertz CT molecular complexity index is 482. The van der Waals surface area contributed by atoms with Crippen molar-refractivity contribution in [2.75, 3.05) is 14.2 Å². The molecule has 2 aromatic rings. The third-order valence-electron chi connectivity index (χ3n) is 2.37. The van der Waals surface area contributed by atoms with Crippen molar-refractivity contribution in [1.82, 2.24) is 10.3 Å². The molecule has 5 heteroatoms. The van der Waals surface area contributed by atoms with Crippen LogP contribution in [0.15, 0.2) is 30.5 Å². The second-order valence-corrected chi connectivity index (χ2v) is 4.91. The van der Waals surface area contributed by atoms with Crippen LogP contribution in [0.4, 0.5) is 0 Å². The molecule has 2 rings (SSSR count). The highest BCUT2D eigenvalue weighted by Crippen LogP contribution is 2.19. The molecule has 96 valence electrons. The Morgan fingerprint density at radius 1 is 1.22 bits per heavy atom. The van der Waals surface area contributed by atoms with E-state index < -0.39 is 0 Å². The first kappa shape index (κ1) is 12.9. The van der Waals surface area contributed by atoms with Crippen molar-refractivity contribution in [3.63, 3.8) is 0 Å². The lowest BCUT2D eigenvalue weighted by Crippen LogP contribution is -2.02. The summed E-state index contributed by atoms with van der Waals surface area (Å²) in [5, 5.41) is 4.08. The third kappa shape index (κ3) is 3.45. The van der Waals surface area contributed by atoms with E-state index in [1.807, 2.05) is 37.5 Å². The number of nitrogens with one attached hydrogen (secondary N) is 1. The fourth-order valence-electron chi connectivity index (χ4n) is 1.49. The van der Waals surface area contributed by atoms with Gasteiger partial charge in [-0.15, -0.1) is 11.3 Å². The van der Waals surface area contributed by atoms with Gasteiger partial charge in [0.25, 0.3) is 0 Å². The van der Waals surface area contributed by atoms with Crippen LogP contribution in [0.5, 0.6) is 11.5 Å². The molecule has 0 aliphatic carbocycles.